The maximum Gasteiger partial charge on any atom is 0.221 e. The molecule has 0 radical (unpaired) electrons. The minimum Gasteiger partial charge on any atom is -0.497 e. The summed E-state index contributed by atoms with van der Waals surface area (Å²) in [4.78, 5) is 15.3. The van der Waals surface area contributed by atoms with Gasteiger partial charge in [0.2, 0.25) is 5.91 Å². The average molecular weight is 282 g/mol. The molecule has 0 unspecified atom stereocenters. The minimum atomic E-state index is -0.0732. The van der Waals surface area contributed by atoms with Gasteiger partial charge in [-0.2, -0.15) is 0 Å². The monoisotopic (exact) mass is 282 g/mol. The number of aliphatic imine (C=N–C) groups is 1. The Morgan fingerprint density at radius 3 is 2.38 bits per heavy atom. The lowest BCUT2D eigenvalue weighted by molar-refractivity contribution is -0.114. The maximum absolute atomic E-state index is 10.9. The molecule has 0 fully saturated rings. The zero-order chi connectivity index (χ0) is 15.1. The van der Waals surface area contributed by atoms with Gasteiger partial charge in [0.05, 0.1) is 13.7 Å². The zero-order valence-corrected chi connectivity index (χ0v) is 12.2. The number of amides is 1. The summed E-state index contributed by atoms with van der Waals surface area (Å²) in [6.45, 7) is 2.11. The third kappa shape index (κ3) is 4.76. The van der Waals surface area contributed by atoms with Crippen LogP contribution in [0.4, 0.5) is 5.69 Å². The van der Waals surface area contributed by atoms with E-state index in [0.29, 0.717) is 6.54 Å². The van der Waals surface area contributed by atoms with Gasteiger partial charge in [-0.3, -0.25) is 9.79 Å². The molecule has 0 bridgehead atoms. The molecule has 108 valence electrons. The lowest BCUT2D eigenvalue weighted by Gasteiger charge is -2.02. The lowest BCUT2D eigenvalue weighted by atomic mass is 10.2. The van der Waals surface area contributed by atoms with Crippen molar-refractivity contribution in [2.24, 2.45) is 4.99 Å². The Balaban J connectivity index is 1.92. The molecule has 2 aromatic rings. The van der Waals surface area contributed by atoms with Crippen LogP contribution in [0.5, 0.6) is 5.75 Å². The Labute approximate surface area is 124 Å². The highest BCUT2D eigenvalue weighted by Gasteiger charge is 1.95. The van der Waals surface area contributed by atoms with E-state index in [2.05, 4.69) is 10.3 Å². The molecule has 1 N–H and O–H groups in total. The van der Waals surface area contributed by atoms with E-state index >= 15 is 0 Å². The number of hydrogen-bond donors (Lipinski definition) is 1. The molecule has 2 rings (SSSR count). The molecule has 4 heteroatoms. The second-order valence-electron chi connectivity index (χ2n) is 4.62. The molecule has 2 aromatic carbocycles. The topological polar surface area (TPSA) is 50.7 Å². The summed E-state index contributed by atoms with van der Waals surface area (Å²) in [5.41, 5.74) is 2.91. The van der Waals surface area contributed by atoms with Crippen LogP contribution in [0.15, 0.2) is 53.5 Å². The molecule has 0 aliphatic heterocycles. The third-order valence-corrected chi connectivity index (χ3v) is 2.90. The number of anilines is 1. The summed E-state index contributed by atoms with van der Waals surface area (Å²) >= 11 is 0. The van der Waals surface area contributed by atoms with Crippen LogP contribution in [0.2, 0.25) is 0 Å². The maximum atomic E-state index is 10.9. The summed E-state index contributed by atoms with van der Waals surface area (Å²) in [5.74, 6) is 0.771. The van der Waals surface area contributed by atoms with Crippen LogP contribution in [0, 0.1) is 0 Å². The number of hydrogen-bond acceptors (Lipinski definition) is 3. The molecule has 0 aromatic heterocycles. The second kappa shape index (κ2) is 7.24. The second-order valence-corrected chi connectivity index (χ2v) is 4.62. The molecular formula is C17H18N2O2. The van der Waals surface area contributed by atoms with Crippen molar-refractivity contribution in [2.45, 2.75) is 13.5 Å². The van der Waals surface area contributed by atoms with Gasteiger partial charge >= 0.3 is 0 Å². The molecule has 0 spiro atoms. The summed E-state index contributed by atoms with van der Waals surface area (Å²) < 4.78 is 5.11. The average Bonchev–Trinajstić information content (AvgIpc) is 2.49. The van der Waals surface area contributed by atoms with Gasteiger partial charge in [-0.15, -0.1) is 0 Å². The van der Waals surface area contributed by atoms with Crippen LogP contribution in [-0.2, 0) is 11.3 Å². The van der Waals surface area contributed by atoms with Crippen molar-refractivity contribution in [2.75, 3.05) is 12.4 Å². The number of nitrogens with one attached hydrogen (secondary N) is 1. The molecular weight excluding hydrogens is 264 g/mol. The van der Waals surface area contributed by atoms with E-state index in [9.17, 15) is 4.79 Å². The first kappa shape index (κ1) is 14.8. The van der Waals surface area contributed by atoms with E-state index in [-0.39, 0.29) is 5.91 Å². The Hall–Kier alpha value is -2.62. The first-order chi connectivity index (χ1) is 10.2. The van der Waals surface area contributed by atoms with Gasteiger partial charge in [0.25, 0.3) is 0 Å². The van der Waals surface area contributed by atoms with Gasteiger partial charge in [0.1, 0.15) is 5.75 Å². The Morgan fingerprint density at radius 1 is 1.14 bits per heavy atom. The number of carbonyl (C=O) groups is 1. The fourth-order valence-corrected chi connectivity index (χ4v) is 1.84. The number of carbonyl (C=O) groups excluding carboxylic acids is 1. The van der Waals surface area contributed by atoms with E-state index in [1.807, 2.05) is 54.7 Å². The van der Waals surface area contributed by atoms with Crippen LogP contribution in [-0.4, -0.2) is 19.2 Å². The van der Waals surface area contributed by atoms with Crippen molar-refractivity contribution in [3.63, 3.8) is 0 Å². The number of benzene rings is 2. The number of nitrogens with zero attached hydrogens (tertiary/aromatic N) is 1. The summed E-state index contributed by atoms with van der Waals surface area (Å²) in [5, 5.41) is 2.73. The molecule has 0 saturated carbocycles. The van der Waals surface area contributed by atoms with Gasteiger partial charge in [-0.05, 0) is 35.4 Å². The van der Waals surface area contributed by atoms with E-state index in [4.69, 9.17) is 4.74 Å². The van der Waals surface area contributed by atoms with E-state index in [1.165, 1.54) is 6.92 Å². The highest BCUT2D eigenvalue weighted by atomic mass is 16.5. The molecule has 1 amide bonds. The van der Waals surface area contributed by atoms with Gasteiger partial charge in [0.15, 0.2) is 0 Å². The normalized spacial score (nSPS) is 10.6. The predicted molar refractivity (Wildman–Crippen MR) is 85.0 cm³/mol. The van der Waals surface area contributed by atoms with Gasteiger partial charge in [0, 0.05) is 18.8 Å². The van der Waals surface area contributed by atoms with E-state index in [1.54, 1.807) is 7.11 Å². The highest BCUT2D eigenvalue weighted by Crippen LogP contribution is 2.12. The molecule has 0 heterocycles. The molecule has 0 aliphatic rings. The Kier molecular flexibility index (Phi) is 5.10. The lowest BCUT2D eigenvalue weighted by Crippen LogP contribution is -2.05. The van der Waals surface area contributed by atoms with Crippen molar-refractivity contribution < 1.29 is 9.53 Å². The molecule has 0 aliphatic carbocycles. The van der Waals surface area contributed by atoms with Crippen LogP contribution < -0.4 is 10.1 Å². The zero-order valence-electron chi connectivity index (χ0n) is 12.2. The van der Waals surface area contributed by atoms with Crippen LogP contribution in [0.3, 0.4) is 0 Å². The summed E-state index contributed by atoms with van der Waals surface area (Å²) in [7, 11) is 1.65. The van der Waals surface area contributed by atoms with Gasteiger partial charge in [-0.1, -0.05) is 24.3 Å². The van der Waals surface area contributed by atoms with E-state index < -0.39 is 0 Å². The van der Waals surface area contributed by atoms with E-state index in [0.717, 1.165) is 22.6 Å². The van der Waals surface area contributed by atoms with Crippen molar-refractivity contribution in [3.8, 4) is 5.75 Å². The van der Waals surface area contributed by atoms with Crippen LogP contribution >= 0.6 is 0 Å². The smallest absolute Gasteiger partial charge is 0.221 e. The highest BCUT2D eigenvalue weighted by molar-refractivity contribution is 5.89. The third-order valence-electron chi connectivity index (χ3n) is 2.90. The first-order valence-electron chi connectivity index (χ1n) is 6.68. The van der Waals surface area contributed by atoms with Crippen molar-refractivity contribution in [1.29, 1.82) is 0 Å². The molecule has 0 atom stereocenters. The first-order valence-corrected chi connectivity index (χ1v) is 6.68. The molecule has 21 heavy (non-hydrogen) atoms. The minimum absolute atomic E-state index is 0.0732. The largest absolute Gasteiger partial charge is 0.497 e. The standard InChI is InChI=1S/C17H18N2O2/c1-13(20)19-16-7-3-14(4-8-16)11-18-12-15-5-9-17(21-2)10-6-15/h3-11H,12H2,1-2H3,(H,19,20). The Bertz CT molecular complexity index is 616. The molecule has 4 nitrogen and oxygen atoms in total. The summed E-state index contributed by atoms with van der Waals surface area (Å²) in [6, 6.07) is 15.4. The fourth-order valence-electron chi connectivity index (χ4n) is 1.84. The van der Waals surface area contributed by atoms with Crippen LogP contribution in [0.25, 0.3) is 0 Å². The SMILES string of the molecule is COc1ccc(CN=Cc2ccc(NC(C)=O)cc2)cc1. The molecule has 0 saturated heterocycles. The van der Waals surface area contributed by atoms with Crippen molar-refractivity contribution in [1.82, 2.24) is 0 Å². The number of ether oxygens (including phenoxy) is 1. The number of rotatable bonds is 5. The van der Waals surface area contributed by atoms with Crippen LogP contribution in [0.1, 0.15) is 18.1 Å². The van der Waals surface area contributed by atoms with Crippen molar-refractivity contribution in [3.05, 3.63) is 59.7 Å². The summed E-state index contributed by atoms with van der Waals surface area (Å²) in [6.07, 6.45) is 1.82. The van der Waals surface area contributed by atoms with Crippen molar-refractivity contribution >= 4 is 17.8 Å². The predicted octanol–water partition coefficient (Wildman–Crippen LogP) is 3.27. The fraction of sp³-hybridized carbons (Fsp3) is 0.176. The van der Waals surface area contributed by atoms with Gasteiger partial charge in [-0.25, -0.2) is 0 Å². The Morgan fingerprint density at radius 2 is 1.81 bits per heavy atom. The quantitative estimate of drug-likeness (QED) is 0.856. The number of methoxy groups -OCH3 is 1. The van der Waals surface area contributed by atoms with Gasteiger partial charge < -0.3 is 10.1 Å².